The second-order valence-electron chi connectivity index (χ2n) is 3.82. The molecular formula is C11H13N5O2. The van der Waals surface area contributed by atoms with Gasteiger partial charge in [0.15, 0.2) is 5.82 Å². The maximum atomic E-state index is 10.8. The Morgan fingerprint density at radius 3 is 2.83 bits per heavy atom. The van der Waals surface area contributed by atoms with Crippen molar-refractivity contribution in [3.8, 4) is 0 Å². The number of rotatable bonds is 4. The lowest BCUT2D eigenvalue weighted by molar-refractivity contribution is 0.0695. The van der Waals surface area contributed by atoms with Crippen LogP contribution in [0, 0.1) is 6.92 Å². The molecule has 0 aliphatic heterocycles. The molecule has 0 aliphatic rings. The highest BCUT2D eigenvalue weighted by atomic mass is 16.4. The minimum absolute atomic E-state index is 0.205. The molecule has 0 bridgehead atoms. The zero-order valence-corrected chi connectivity index (χ0v) is 10.1. The van der Waals surface area contributed by atoms with Crippen molar-refractivity contribution in [2.24, 2.45) is 7.05 Å². The summed E-state index contributed by atoms with van der Waals surface area (Å²) in [4.78, 5) is 19.1. The summed E-state index contributed by atoms with van der Waals surface area (Å²) in [5, 5.41) is 16.0. The van der Waals surface area contributed by atoms with Crippen molar-refractivity contribution < 1.29 is 9.90 Å². The van der Waals surface area contributed by atoms with Gasteiger partial charge in [-0.3, -0.25) is 4.68 Å². The van der Waals surface area contributed by atoms with Gasteiger partial charge in [-0.05, 0) is 19.1 Å². The molecule has 2 aromatic rings. The summed E-state index contributed by atoms with van der Waals surface area (Å²) in [7, 11) is 1.79. The van der Waals surface area contributed by atoms with Crippen LogP contribution in [-0.2, 0) is 13.6 Å². The topological polar surface area (TPSA) is 92.9 Å². The largest absolute Gasteiger partial charge is 0.478 e. The van der Waals surface area contributed by atoms with Crippen LogP contribution in [0.1, 0.15) is 21.9 Å². The van der Waals surface area contributed by atoms with E-state index in [-0.39, 0.29) is 5.56 Å². The van der Waals surface area contributed by atoms with E-state index in [0.717, 1.165) is 0 Å². The van der Waals surface area contributed by atoms with Gasteiger partial charge in [-0.15, -0.1) is 0 Å². The van der Waals surface area contributed by atoms with Gasteiger partial charge in [-0.1, -0.05) is 0 Å². The molecule has 0 spiro atoms. The van der Waals surface area contributed by atoms with E-state index in [1.165, 1.54) is 6.07 Å². The van der Waals surface area contributed by atoms with Gasteiger partial charge in [0.05, 0.1) is 17.8 Å². The van der Waals surface area contributed by atoms with Gasteiger partial charge in [-0.25, -0.2) is 14.8 Å². The van der Waals surface area contributed by atoms with Crippen molar-refractivity contribution in [2.45, 2.75) is 13.5 Å². The van der Waals surface area contributed by atoms with Gasteiger partial charge in [0.1, 0.15) is 12.1 Å². The summed E-state index contributed by atoms with van der Waals surface area (Å²) in [6.07, 6.45) is 1.61. The zero-order chi connectivity index (χ0) is 13.1. The molecule has 0 fully saturated rings. The number of carboxylic acids is 1. The van der Waals surface area contributed by atoms with Crippen molar-refractivity contribution >= 4 is 11.8 Å². The number of aromatic carboxylic acids is 1. The number of aryl methyl sites for hydroxylation is 2. The third kappa shape index (κ3) is 2.62. The van der Waals surface area contributed by atoms with Crippen molar-refractivity contribution in [3.63, 3.8) is 0 Å². The van der Waals surface area contributed by atoms with Crippen molar-refractivity contribution in [1.82, 2.24) is 19.7 Å². The number of carboxylic acid groups (broad SMARTS) is 1. The first-order chi connectivity index (χ1) is 8.56. The number of anilines is 1. The Balaban J connectivity index is 2.06. The van der Waals surface area contributed by atoms with E-state index in [4.69, 9.17) is 5.11 Å². The SMILES string of the molecule is Cc1nc(NCc2ncn(C)n2)ccc1C(=O)O. The van der Waals surface area contributed by atoms with Crippen LogP contribution in [0.15, 0.2) is 18.5 Å². The van der Waals surface area contributed by atoms with Gasteiger partial charge in [-0.2, -0.15) is 5.10 Å². The Hall–Kier alpha value is -2.44. The lowest BCUT2D eigenvalue weighted by Gasteiger charge is -2.05. The predicted molar refractivity (Wildman–Crippen MR) is 64.3 cm³/mol. The van der Waals surface area contributed by atoms with Gasteiger partial charge in [0, 0.05) is 7.05 Å². The monoisotopic (exact) mass is 247 g/mol. The molecule has 0 amide bonds. The fourth-order valence-electron chi connectivity index (χ4n) is 1.52. The number of hydrogen-bond donors (Lipinski definition) is 2. The first kappa shape index (κ1) is 12.0. The van der Waals surface area contributed by atoms with Crippen LogP contribution in [0.25, 0.3) is 0 Å². The number of aromatic nitrogens is 4. The normalized spacial score (nSPS) is 10.3. The van der Waals surface area contributed by atoms with Gasteiger partial charge in [0.25, 0.3) is 0 Å². The van der Waals surface area contributed by atoms with E-state index >= 15 is 0 Å². The molecule has 2 rings (SSSR count). The zero-order valence-electron chi connectivity index (χ0n) is 10.1. The minimum Gasteiger partial charge on any atom is -0.478 e. The number of carbonyl (C=O) groups is 1. The summed E-state index contributed by atoms with van der Waals surface area (Å²) < 4.78 is 1.61. The minimum atomic E-state index is -0.974. The summed E-state index contributed by atoms with van der Waals surface area (Å²) in [6.45, 7) is 2.10. The molecule has 2 heterocycles. The van der Waals surface area contributed by atoms with E-state index in [9.17, 15) is 4.79 Å². The number of hydrogen-bond acceptors (Lipinski definition) is 5. The van der Waals surface area contributed by atoms with Crippen molar-refractivity contribution in [3.05, 3.63) is 35.5 Å². The molecule has 0 saturated heterocycles. The van der Waals surface area contributed by atoms with Crippen molar-refractivity contribution in [2.75, 3.05) is 5.32 Å². The smallest absolute Gasteiger partial charge is 0.337 e. The van der Waals surface area contributed by atoms with Crippen LogP contribution in [0.2, 0.25) is 0 Å². The number of nitrogens with zero attached hydrogens (tertiary/aromatic N) is 4. The Morgan fingerprint density at radius 2 is 2.28 bits per heavy atom. The van der Waals surface area contributed by atoms with E-state index in [1.807, 2.05) is 0 Å². The maximum Gasteiger partial charge on any atom is 0.337 e. The third-order valence-electron chi connectivity index (χ3n) is 2.39. The molecule has 2 aromatic heterocycles. The molecule has 18 heavy (non-hydrogen) atoms. The first-order valence-electron chi connectivity index (χ1n) is 5.35. The molecule has 0 atom stereocenters. The Bertz CT molecular complexity index is 579. The molecule has 94 valence electrons. The molecule has 0 radical (unpaired) electrons. The Morgan fingerprint density at radius 1 is 1.50 bits per heavy atom. The molecule has 0 aliphatic carbocycles. The van der Waals surface area contributed by atoms with Crippen LogP contribution in [0.4, 0.5) is 5.82 Å². The van der Waals surface area contributed by atoms with Gasteiger partial charge < -0.3 is 10.4 Å². The second kappa shape index (κ2) is 4.82. The van der Waals surface area contributed by atoms with Crippen LogP contribution in [0.5, 0.6) is 0 Å². The molecular weight excluding hydrogens is 234 g/mol. The van der Waals surface area contributed by atoms with Crippen molar-refractivity contribution in [1.29, 1.82) is 0 Å². The van der Waals surface area contributed by atoms with Crippen LogP contribution >= 0.6 is 0 Å². The quantitative estimate of drug-likeness (QED) is 0.831. The fraction of sp³-hybridized carbons (Fsp3) is 0.273. The highest BCUT2D eigenvalue weighted by Crippen LogP contribution is 2.11. The van der Waals surface area contributed by atoms with Gasteiger partial charge in [0.2, 0.25) is 0 Å². The summed E-state index contributed by atoms with van der Waals surface area (Å²) in [6, 6.07) is 3.15. The van der Waals surface area contributed by atoms with E-state index in [1.54, 1.807) is 31.0 Å². The Kier molecular flexibility index (Phi) is 3.22. The van der Waals surface area contributed by atoms with Crippen LogP contribution < -0.4 is 5.32 Å². The van der Waals surface area contributed by atoms with Gasteiger partial charge >= 0.3 is 5.97 Å². The lowest BCUT2D eigenvalue weighted by Crippen LogP contribution is -2.07. The average molecular weight is 247 g/mol. The molecule has 0 aromatic carbocycles. The lowest BCUT2D eigenvalue weighted by atomic mass is 10.2. The third-order valence-corrected chi connectivity index (χ3v) is 2.39. The second-order valence-corrected chi connectivity index (χ2v) is 3.82. The highest BCUT2D eigenvalue weighted by molar-refractivity contribution is 5.89. The molecule has 0 saturated carbocycles. The molecule has 0 unspecified atom stereocenters. The summed E-state index contributed by atoms with van der Waals surface area (Å²) in [5.74, 6) is 0.280. The Labute approximate surface area is 104 Å². The maximum absolute atomic E-state index is 10.8. The standard InChI is InChI=1S/C11H13N5O2/c1-7-8(11(17)18)3-4-9(14-7)12-5-10-13-6-16(2)15-10/h3-4,6H,5H2,1-2H3,(H,12,14)(H,17,18). The predicted octanol–water partition coefficient (Wildman–Crippen LogP) is 0.829. The van der Waals surface area contributed by atoms with E-state index < -0.39 is 5.97 Å². The van der Waals surface area contributed by atoms with E-state index in [0.29, 0.717) is 23.9 Å². The summed E-state index contributed by atoms with van der Waals surface area (Å²) in [5.41, 5.74) is 0.679. The number of nitrogens with one attached hydrogen (secondary N) is 1. The molecule has 7 nitrogen and oxygen atoms in total. The van der Waals surface area contributed by atoms with Crippen LogP contribution in [-0.4, -0.2) is 30.8 Å². The van der Waals surface area contributed by atoms with Crippen LogP contribution in [0.3, 0.4) is 0 Å². The number of pyridine rings is 1. The molecule has 2 N–H and O–H groups in total. The van der Waals surface area contributed by atoms with E-state index in [2.05, 4.69) is 20.4 Å². The molecule has 7 heteroatoms. The average Bonchev–Trinajstić information content (AvgIpc) is 2.72. The highest BCUT2D eigenvalue weighted by Gasteiger charge is 2.08. The fourth-order valence-corrected chi connectivity index (χ4v) is 1.52. The summed E-state index contributed by atoms with van der Waals surface area (Å²) >= 11 is 0. The first-order valence-corrected chi connectivity index (χ1v) is 5.35.